The van der Waals surface area contributed by atoms with Crippen LogP contribution in [0.25, 0.3) is 148 Å². The quantitative estimate of drug-likeness (QED) is 0.161. The van der Waals surface area contributed by atoms with Crippen LogP contribution in [0, 0.1) is 0 Å². The Labute approximate surface area is 494 Å². The summed E-state index contributed by atoms with van der Waals surface area (Å²) in [5, 5.41) is 19.4. The molecule has 0 bridgehead atoms. The lowest BCUT2D eigenvalue weighted by atomic mass is 9.74. The van der Waals surface area contributed by atoms with Gasteiger partial charge in [-0.3, -0.25) is 9.13 Å². The Morgan fingerprint density at radius 3 is 1.42 bits per heavy atom. The summed E-state index contributed by atoms with van der Waals surface area (Å²) in [5.74, 6) is 1.30. The third kappa shape index (κ3) is 6.61. The van der Waals surface area contributed by atoms with Gasteiger partial charge in [-0.05, 0) is 195 Å². The van der Waals surface area contributed by atoms with Gasteiger partial charge in [0.25, 0.3) is 0 Å². The van der Waals surface area contributed by atoms with Gasteiger partial charge in [-0.25, -0.2) is 20.0 Å². The fraction of sp³-hybridized carbons (Fsp3) is 0.0750. The van der Waals surface area contributed by atoms with Crippen molar-refractivity contribution < 1.29 is 0 Å². The number of fused-ring (bicyclic) bond motifs is 7. The van der Waals surface area contributed by atoms with Crippen LogP contribution in [-0.4, -0.2) is 30.8 Å². The summed E-state index contributed by atoms with van der Waals surface area (Å²) < 4.78 is 4.68. The van der Waals surface area contributed by atoms with Crippen molar-refractivity contribution in [2.24, 2.45) is 9.98 Å². The van der Waals surface area contributed by atoms with E-state index in [9.17, 15) is 0 Å². The highest BCUT2D eigenvalue weighted by molar-refractivity contribution is 6.29. The third-order valence-electron chi connectivity index (χ3n) is 19.6. The van der Waals surface area contributed by atoms with Gasteiger partial charge in [-0.15, -0.1) is 0 Å². The van der Waals surface area contributed by atoms with Crippen molar-refractivity contribution in [2.45, 2.75) is 38.1 Å². The second kappa shape index (κ2) is 17.4. The van der Waals surface area contributed by atoms with Crippen molar-refractivity contribution in [3.63, 3.8) is 0 Å². The van der Waals surface area contributed by atoms with Gasteiger partial charge in [0.15, 0.2) is 0 Å². The second-order valence-electron chi connectivity index (χ2n) is 24.3. The lowest BCUT2D eigenvalue weighted by molar-refractivity contribution is 0.745. The van der Waals surface area contributed by atoms with Crippen LogP contribution >= 0.6 is 0 Å². The molecule has 0 fully saturated rings. The van der Waals surface area contributed by atoms with Crippen LogP contribution in [-0.2, 0) is 25.7 Å². The largest absolute Gasteiger partial charge is 0.278 e. The summed E-state index contributed by atoms with van der Waals surface area (Å²) in [7, 11) is 0. The van der Waals surface area contributed by atoms with Crippen molar-refractivity contribution in [1.82, 2.24) is 19.1 Å². The minimum absolute atomic E-state index is 0.138. The van der Waals surface area contributed by atoms with E-state index in [4.69, 9.17) is 20.0 Å². The summed E-state index contributed by atoms with van der Waals surface area (Å²) in [4.78, 5) is 23.0. The summed E-state index contributed by atoms with van der Waals surface area (Å²) in [6.45, 7) is 0. The van der Waals surface area contributed by atoms with Gasteiger partial charge in [0.2, 0.25) is 11.9 Å². The van der Waals surface area contributed by atoms with E-state index >= 15 is 0 Å². The molecule has 20 rings (SSSR count). The van der Waals surface area contributed by atoms with E-state index in [1.54, 1.807) is 0 Å². The van der Waals surface area contributed by atoms with Gasteiger partial charge in [0, 0.05) is 39.1 Å². The number of rotatable bonds is 5. The van der Waals surface area contributed by atoms with Gasteiger partial charge in [0.05, 0.1) is 45.2 Å². The van der Waals surface area contributed by atoms with Gasteiger partial charge in [-0.1, -0.05) is 176 Å². The summed E-state index contributed by atoms with van der Waals surface area (Å²) in [6, 6.07) is 87.7. The van der Waals surface area contributed by atoms with Crippen LogP contribution in [0.15, 0.2) is 247 Å². The number of nitrogens with zero attached hydrogens (tertiary/aromatic N) is 6. The maximum absolute atomic E-state index is 5.78. The number of hydrogen-bond donors (Lipinski definition) is 0. The fourth-order valence-corrected chi connectivity index (χ4v) is 15.9. The van der Waals surface area contributed by atoms with Crippen molar-refractivity contribution in [3.05, 3.63) is 270 Å². The molecular formula is C80H50N6. The molecule has 86 heavy (non-hydrogen) atoms. The van der Waals surface area contributed by atoms with Gasteiger partial charge in [-0.2, -0.15) is 0 Å². The molecule has 0 saturated heterocycles. The molecule has 3 aliphatic rings. The first-order valence-corrected chi connectivity index (χ1v) is 30.3. The summed E-state index contributed by atoms with van der Waals surface area (Å²) in [6.07, 6.45) is 4.90. The van der Waals surface area contributed by atoms with Crippen LogP contribution in [0.1, 0.15) is 45.8 Å². The van der Waals surface area contributed by atoms with E-state index < -0.39 is 0 Å². The van der Waals surface area contributed by atoms with Crippen LogP contribution in [0.5, 0.6) is 0 Å². The average molecular weight is 1100 g/mol. The number of aryl methyl sites for hydroxylation is 4. The predicted molar refractivity (Wildman–Crippen MR) is 358 cm³/mol. The highest BCUT2D eigenvalue weighted by Gasteiger charge is 2.31. The topological polar surface area (TPSA) is 60.4 Å². The lowest BCUT2D eigenvalue weighted by Crippen LogP contribution is -2.22. The summed E-state index contributed by atoms with van der Waals surface area (Å²) >= 11 is 0. The van der Waals surface area contributed by atoms with Gasteiger partial charge in [0.1, 0.15) is 0 Å². The molecule has 3 aromatic heterocycles. The standard InChI is InChI=1S/C80H50N6/c1-2-11-45(12-3-1)64-43-65(58-37-52-29-23-46-13-8-14-47-24-30-53(38-58)74(52)71(46)47)82-79(81-64)85-69-22-7-5-20-63(69)77-70(85)36-35-62-61-19-4-6-21-68(61)86(78(62)77)80-83-66(59-39-54-31-25-48-15-9-16-49-26-32-55(40-59)75(54)72(48)49)44-67(84-80)60-41-56-33-27-50-17-10-18-51-28-34-57(42-60)76(56)73(50)51/h1-22,25-28,31-42,44,64H,23-24,29-30,43H2. The summed E-state index contributed by atoms with van der Waals surface area (Å²) in [5.41, 5.74) is 20.2. The fourth-order valence-electron chi connectivity index (χ4n) is 15.9. The van der Waals surface area contributed by atoms with E-state index in [-0.39, 0.29) is 6.04 Å². The molecule has 1 atom stereocenters. The zero-order valence-electron chi connectivity index (χ0n) is 46.8. The zero-order valence-corrected chi connectivity index (χ0v) is 46.8. The van der Waals surface area contributed by atoms with E-state index in [1.165, 1.54) is 109 Å². The Hall–Kier alpha value is -10.8. The Morgan fingerprint density at radius 1 is 0.337 bits per heavy atom. The monoisotopic (exact) mass is 1090 g/mol. The first-order chi connectivity index (χ1) is 42.6. The molecule has 0 saturated carbocycles. The normalized spacial score (nSPS) is 15.0. The van der Waals surface area contributed by atoms with E-state index in [1.807, 2.05) is 0 Å². The number of para-hydroxylation sites is 2. The van der Waals surface area contributed by atoms with E-state index in [0.29, 0.717) is 18.3 Å². The number of hydrogen-bond acceptors (Lipinski definition) is 4. The smallest absolute Gasteiger partial charge is 0.235 e. The van der Waals surface area contributed by atoms with Crippen molar-refractivity contribution in [2.75, 3.05) is 0 Å². The number of aliphatic imine (C=N–C) groups is 2. The minimum atomic E-state index is -0.138. The Morgan fingerprint density at radius 2 is 0.826 bits per heavy atom. The molecule has 0 N–H and O–H groups in total. The maximum atomic E-state index is 5.78. The molecule has 4 heterocycles. The van der Waals surface area contributed by atoms with Crippen LogP contribution in [0.3, 0.4) is 0 Å². The lowest BCUT2D eigenvalue weighted by Gasteiger charge is -2.30. The van der Waals surface area contributed by atoms with Crippen molar-refractivity contribution in [1.29, 1.82) is 0 Å². The van der Waals surface area contributed by atoms with Crippen molar-refractivity contribution in [3.8, 4) is 39.6 Å². The first-order valence-electron chi connectivity index (χ1n) is 30.3. The predicted octanol–water partition coefficient (Wildman–Crippen LogP) is 19.5. The SMILES string of the molecule is c1ccc(C2CC(c3cc4c5c(c3)CCc3cccc(c3-5)CC4)=NC(n3c4ccccc4c4c3ccc3c5ccccc5n(-c5nc(-c6cc7ccc8cccc9ccc(c6)c7c89)cc(-c6cc7ccc8cccc9ccc(c6)c7c89)n5)c34)=N2)cc1. The Bertz CT molecular complexity index is 5540. The minimum Gasteiger partial charge on any atom is -0.278 e. The molecule has 17 aromatic rings. The van der Waals surface area contributed by atoms with Crippen LogP contribution in [0.2, 0.25) is 0 Å². The molecule has 2 aliphatic carbocycles. The van der Waals surface area contributed by atoms with E-state index in [0.717, 1.165) is 97.5 Å². The molecule has 1 aliphatic heterocycles. The van der Waals surface area contributed by atoms with Crippen molar-refractivity contribution >= 4 is 120 Å². The highest BCUT2D eigenvalue weighted by atomic mass is 15.2. The molecule has 14 aromatic carbocycles. The molecule has 0 spiro atoms. The average Bonchev–Trinajstić information content (AvgIpc) is 1.58. The molecule has 0 amide bonds. The second-order valence-corrected chi connectivity index (χ2v) is 24.3. The Kier molecular flexibility index (Phi) is 9.43. The maximum Gasteiger partial charge on any atom is 0.235 e. The Balaban J connectivity index is 0.838. The molecule has 6 heteroatoms. The number of benzene rings is 14. The molecule has 1 unspecified atom stereocenters. The van der Waals surface area contributed by atoms with Gasteiger partial charge < -0.3 is 0 Å². The number of aromatic nitrogens is 4. The molecule has 400 valence electrons. The highest BCUT2D eigenvalue weighted by Crippen LogP contribution is 2.47. The van der Waals surface area contributed by atoms with Crippen LogP contribution in [0.4, 0.5) is 0 Å². The first kappa shape index (κ1) is 46.6. The van der Waals surface area contributed by atoms with Gasteiger partial charge >= 0.3 is 0 Å². The molecular weight excluding hydrogens is 1040 g/mol. The molecule has 0 radical (unpaired) electrons. The zero-order chi connectivity index (χ0) is 55.9. The van der Waals surface area contributed by atoms with Crippen LogP contribution < -0.4 is 0 Å². The third-order valence-corrected chi connectivity index (χ3v) is 19.6. The van der Waals surface area contributed by atoms with E-state index in [2.05, 4.69) is 246 Å². The molecule has 6 nitrogen and oxygen atoms in total.